The third-order valence-corrected chi connectivity index (χ3v) is 4.89. The van der Waals surface area contributed by atoms with Gasteiger partial charge in [0.05, 0.1) is 5.39 Å². The van der Waals surface area contributed by atoms with Crippen molar-refractivity contribution in [3.05, 3.63) is 17.3 Å². The van der Waals surface area contributed by atoms with Crippen molar-refractivity contribution in [2.24, 2.45) is 5.92 Å². The molecule has 0 amide bonds. The van der Waals surface area contributed by atoms with E-state index in [1.807, 2.05) is 0 Å². The molecule has 1 saturated heterocycles. The minimum Gasteiger partial charge on any atom is -0.356 e. The maximum atomic E-state index is 4.56. The maximum absolute atomic E-state index is 4.56. The van der Waals surface area contributed by atoms with E-state index in [0.29, 0.717) is 0 Å². The number of aromatic nitrogens is 2. The highest BCUT2D eigenvalue weighted by Crippen LogP contribution is 2.31. The van der Waals surface area contributed by atoms with Gasteiger partial charge in [0, 0.05) is 18.0 Å². The Morgan fingerprint density at radius 1 is 1.45 bits per heavy atom. The highest BCUT2D eigenvalue weighted by Gasteiger charge is 2.22. The minimum atomic E-state index is 0.730. The number of anilines is 1. The summed E-state index contributed by atoms with van der Waals surface area (Å²) < 4.78 is 0. The van der Waals surface area contributed by atoms with Crippen molar-refractivity contribution in [3.8, 4) is 0 Å². The van der Waals surface area contributed by atoms with Gasteiger partial charge in [0.1, 0.15) is 17.0 Å². The Morgan fingerprint density at radius 3 is 3.20 bits per heavy atom. The zero-order valence-corrected chi connectivity index (χ0v) is 13.0. The van der Waals surface area contributed by atoms with Gasteiger partial charge in [-0.25, -0.2) is 9.97 Å². The second-order valence-electron chi connectivity index (χ2n) is 5.54. The molecule has 3 heterocycles. The Hall–Kier alpha value is -1.20. The molecule has 0 aliphatic carbocycles. The van der Waals surface area contributed by atoms with Gasteiger partial charge in [-0.15, -0.1) is 11.3 Å². The first-order valence-corrected chi connectivity index (χ1v) is 8.26. The Kier molecular flexibility index (Phi) is 4.17. The van der Waals surface area contributed by atoms with E-state index in [2.05, 4.69) is 40.1 Å². The predicted molar refractivity (Wildman–Crippen MR) is 85.6 cm³/mol. The van der Waals surface area contributed by atoms with Gasteiger partial charge in [-0.1, -0.05) is 6.92 Å². The largest absolute Gasteiger partial charge is 0.356 e. The van der Waals surface area contributed by atoms with Crippen LogP contribution in [0.25, 0.3) is 10.2 Å². The van der Waals surface area contributed by atoms with E-state index in [0.717, 1.165) is 42.7 Å². The van der Waals surface area contributed by atoms with Crippen LogP contribution in [-0.2, 0) is 0 Å². The molecule has 1 fully saturated rings. The lowest BCUT2D eigenvalue weighted by Gasteiger charge is -2.34. The Balaban J connectivity index is 1.83. The third kappa shape index (κ3) is 2.79. The molecule has 1 unspecified atom stereocenters. The number of nitrogens with zero attached hydrogens (tertiary/aromatic N) is 3. The van der Waals surface area contributed by atoms with E-state index >= 15 is 0 Å². The number of thiophene rings is 1. The van der Waals surface area contributed by atoms with E-state index in [1.54, 1.807) is 17.7 Å². The standard InChI is InChI=1S/C15H22N4S/c1-3-16-8-12-5-4-6-19(9-12)14-13-7-11(2)20-15(13)18-10-17-14/h7,10,12,16H,3-6,8-9H2,1-2H3. The van der Waals surface area contributed by atoms with Crippen molar-refractivity contribution in [3.63, 3.8) is 0 Å². The maximum Gasteiger partial charge on any atom is 0.140 e. The summed E-state index contributed by atoms with van der Waals surface area (Å²) in [7, 11) is 0. The van der Waals surface area contributed by atoms with Crippen molar-refractivity contribution in [1.29, 1.82) is 0 Å². The van der Waals surface area contributed by atoms with Crippen molar-refractivity contribution >= 4 is 27.4 Å². The van der Waals surface area contributed by atoms with E-state index in [9.17, 15) is 0 Å². The normalized spacial score (nSPS) is 19.7. The molecule has 108 valence electrons. The molecule has 5 heteroatoms. The van der Waals surface area contributed by atoms with E-state index in [1.165, 1.54) is 23.1 Å². The number of hydrogen-bond acceptors (Lipinski definition) is 5. The van der Waals surface area contributed by atoms with Gasteiger partial charge in [0.2, 0.25) is 0 Å². The quantitative estimate of drug-likeness (QED) is 0.940. The summed E-state index contributed by atoms with van der Waals surface area (Å²) >= 11 is 1.75. The Labute approximate surface area is 124 Å². The van der Waals surface area contributed by atoms with Crippen LogP contribution in [0.4, 0.5) is 5.82 Å². The lowest BCUT2D eigenvalue weighted by molar-refractivity contribution is 0.394. The molecule has 2 aromatic heterocycles. The molecule has 0 radical (unpaired) electrons. The van der Waals surface area contributed by atoms with Crippen LogP contribution >= 0.6 is 11.3 Å². The van der Waals surface area contributed by atoms with Crippen LogP contribution in [0.15, 0.2) is 12.4 Å². The second kappa shape index (κ2) is 6.06. The Morgan fingerprint density at radius 2 is 2.35 bits per heavy atom. The minimum absolute atomic E-state index is 0.730. The van der Waals surface area contributed by atoms with Crippen molar-refractivity contribution in [1.82, 2.24) is 15.3 Å². The topological polar surface area (TPSA) is 41.0 Å². The van der Waals surface area contributed by atoms with Crippen LogP contribution in [0.3, 0.4) is 0 Å². The van der Waals surface area contributed by atoms with Crippen molar-refractivity contribution in [2.75, 3.05) is 31.1 Å². The van der Waals surface area contributed by atoms with Gasteiger partial charge in [0.25, 0.3) is 0 Å². The summed E-state index contributed by atoms with van der Waals surface area (Å²) in [6.07, 6.45) is 4.28. The molecule has 0 spiro atoms. The molecular formula is C15H22N4S. The SMILES string of the molecule is CCNCC1CCCN(c2ncnc3sc(C)cc23)C1. The molecule has 0 aromatic carbocycles. The average molecular weight is 290 g/mol. The zero-order valence-electron chi connectivity index (χ0n) is 12.2. The van der Waals surface area contributed by atoms with Gasteiger partial charge >= 0.3 is 0 Å². The number of nitrogens with one attached hydrogen (secondary N) is 1. The van der Waals surface area contributed by atoms with E-state index < -0.39 is 0 Å². The number of fused-ring (bicyclic) bond motifs is 1. The van der Waals surface area contributed by atoms with Gasteiger partial charge in [-0.3, -0.25) is 0 Å². The highest BCUT2D eigenvalue weighted by molar-refractivity contribution is 7.18. The number of rotatable bonds is 4. The lowest BCUT2D eigenvalue weighted by Crippen LogP contribution is -2.40. The molecule has 4 nitrogen and oxygen atoms in total. The fourth-order valence-corrected chi connectivity index (χ4v) is 3.83. The summed E-state index contributed by atoms with van der Waals surface area (Å²) in [4.78, 5) is 13.8. The molecule has 1 N–H and O–H groups in total. The van der Waals surface area contributed by atoms with Crippen molar-refractivity contribution < 1.29 is 0 Å². The second-order valence-corrected chi connectivity index (χ2v) is 6.77. The zero-order chi connectivity index (χ0) is 13.9. The van der Waals surface area contributed by atoms with E-state index in [-0.39, 0.29) is 0 Å². The molecule has 1 atom stereocenters. The lowest BCUT2D eigenvalue weighted by atomic mass is 9.98. The summed E-state index contributed by atoms with van der Waals surface area (Å²) in [5.41, 5.74) is 0. The van der Waals surface area contributed by atoms with Gasteiger partial charge in [0.15, 0.2) is 0 Å². The Bertz CT molecular complexity index is 580. The summed E-state index contributed by atoms with van der Waals surface area (Å²) in [5.74, 6) is 1.86. The fourth-order valence-electron chi connectivity index (χ4n) is 2.99. The van der Waals surface area contributed by atoms with Gasteiger partial charge in [-0.2, -0.15) is 0 Å². The molecular weight excluding hydrogens is 268 g/mol. The summed E-state index contributed by atoms with van der Waals surface area (Å²) in [5, 5.41) is 4.70. The molecule has 1 aliphatic rings. The summed E-state index contributed by atoms with van der Waals surface area (Å²) in [6.45, 7) is 8.70. The van der Waals surface area contributed by atoms with Crippen LogP contribution in [0.2, 0.25) is 0 Å². The molecule has 20 heavy (non-hydrogen) atoms. The van der Waals surface area contributed by atoms with Crippen LogP contribution in [0.5, 0.6) is 0 Å². The molecule has 0 saturated carbocycles. The first-order valence-electron chi connectivity index (χ1n) is 7.44. The highest BCUT2D eigenvalue weighted by atomic mass is 32.1. The molecule has 3 rings (SSSR count). The number of hydrogen-bond donors (Lipinski definition) is 1. The summed E-state index contributed by atoms with van der Waals surface area (Å²) in [6, 6.07) is 2.23. The van der Waals surface area contributed by atoms with Crippen LogP contribution in [0.1, 0.15) is 24.6 Å². The average Bonchev–Trinajstić information content (AvgIpc) is 2.85. The third-order valence-electron chi connectivity index (χ3n) is 3.93. The first kappa shape index (κ1) is 13.8. The van der Waals surface area contributed by atoms with Crippen LogP contribution in [0, 0.1) is 12.8 Å². The number of aryl methyl sites for hydroxylation is 1. The molecule has 2 aromatic rings. The smallest absolute Gasteiger partial charge is 0.140 e. The van der Waals surface area contributed by atoms with Crippen LogP contribution < -0.4 is 10.2 Å². The van der Waals surface area contributed by atoms with Crippen molar-refractivity contribution in [2.45, 2.75) is 26.7 Å². The molecule has 1 aliphatic heterocycles. The van der Waals surface area contributed by atoms with Gasteiger partial charge < -0.3 is 10.2 Å². The molecule has 0 bridgehead atoms. The monoisotopic (exact) mass is 290 g/mol. The van der Waals surface area contributed by atoms with E-state index in [4.69, 9.17) is 0 Å². The fraction of sp³-hybridized carbons (Fsp3) is 0.600. The predicted octanol–water partition coefficient (Wildman–Crippen LogP) is 2.83. The number of piperidine rings is 1. The first-order chi connectivity index (χ1) is 9.78. The van der Waals surface area contributed by atoms with Crippen LogP contribution in [-0.4, -0.2) is 36.1 Å². The van der Waals surface area contributed by atoms with Gasteiger partial charge in [-0.05, 0) is 44.8 Å².